The van der Waals surface area contributed by atoms with E-state index in [0.29, 0.717) is 5.41 Å². The van der Waals surface area contributed by atoms with E-state index in [9.17, 15) is 0 Å². The second kappa shape index (κ2) is 1.62. The van der Waals surface area contributed by atoms with Gasteiger partial charge >= 0.3 is 0 Å². The molecule has 53 valence electrons. The molecule has 0 fully saturated rings. The van der Waals surface area contributed by atoms with Gasteiger partial charge in [0.15, 0.2) is 0 Å². The molecule has 2 heterocycles. The zero-order chi connectivity index (χ0) is 7.19. The molecule has 1 aliphatic rings. The van der Waals surface area contributed by atoms with Crippen LogP contribution in [0.15, 0.2) is 6.07 Å². The molecule has 2 heteroatoms. The number of hydrogen-bond donors (Lipinski definition) is 0. The average Bonchev–Trinajstić information content (AvgIpc) is 2.36. The first kappa shape index (κ1) is 5.96. The van der Waals surface area contributed by atoms with Gasteiger partial charge in [-0.15, -0.1) is 0 Å². The molecule has 0 bridgehead atoms. The zero-order valence-electron chi connectivity index (χ0n) is 6.39. The fourth-order valence-electron chi connectivity index (χ4n) is 1.52. The Kier molecular flexibility index (Phi) is 0.967. The van der Waals surface area contributed by atoms with Crippen molar-refractivity contribution in [2.75, 3.05) is 0 Å². The summed E-state index contributed by atoms with van der Waals surface area (Å²) >= 11 is 0. The molecule has 0 aliphatic carbocycles. The summed E-state index contributed by atoms with van der Waals surface area (Å²) in [5.74, 6) is 0. The van der Waals surface area contributed by atoms with Crippen molar-refractivity contribution in [2.45, 2.75) is 32.2 Å². The maximum Gasteiger partial charge on any atom is 0.113 e. The summed E-state index contributed by atoms with van der Waals surface area (Å²) < 4.78 is 2.04. The number of rotatable bonds is 0. The molecule has 0 unspecified atom stereocenters. The third kappa shape index (κ3) is 0.618. The fraction of sp³-hybridized carbons (Fsp3) is 0.625. The van der Waals surface area contributed by atoms with Gasteiger partial charge in [-0.05, 0) is 12.5 Å². The van der Waals surface area contributed by atoms with E-state index in [2.05, 4.69) is 25.1 Å². The number of nitrogens with zero attached hydrogens (tertiary/aromatic N) is 2. The lowest BCUT2D eigenvalue weighted by Crippen LogP contribution is -2.11. The number of fused-ring (bicyclic) bond motifs is 1. The van der Waals surface area contributed by atoms with Crippen molar-refractivity contribution >= 4 is 0 Å². The average molecular weight is 135 g/mol. The minimum Gasteiger partial charge on any atom is -0.268 e. The molecule has 1 aromatic heterocycles. The molecule has 0 atom stereocenters. The van der Waals surface area contributed by atoms with Crippen molar-refractivity contribution in [3.05, 3.63) is 18.0 Å². The van der Waals surface area contributed by atoms with E-state index in [-0.39, 0.29) is 0 Å². The number of hydrogen-bond acceptors (Lipinski definition) is 1. The van der Waals surface area contributed by atoms with Gasteiger partial charge in [-0.25, -0.2) is 0 Å². The summed E-state index contributed by atoms with van der Waals surface area (Å²) in [5, 5.41) is 4.08. The molecule has 0 amide bonds. The highest BCUT2D eigenvalue weighted by Gasteiger charge is 2.30. The Labute approximate surface area is 60.9 Å². The van der Waals surface area contributed by atoms with Crippen LogP contribution in [0.2, 0.25) is 0 Å². The van der Waals surface area contributed by atoms with E-state index in [1.165, 1.54) is 12.1 Å². The molecule has 1 aromatic rings. The van der Waals surface area contributed by atoms with Gasteiger partial charge in [0.2, 0.25) is 0 Å². The SMILES string of the molecule is CC1(C)CCn2n[c]cc21. The van der Waals surface area contributed by atoms with Gasteiger partial charge < -0.3 is 0 Å². The normalized spacial score (nSPS) is 21.0. The van der Waals surface area contributed by atoms with Crippen LogP contribution in [0.5, 0.6) is 0 Å². The third-order valence-electron chi connectivity index (χ3n) is 2.30. The molecular formula is C8H11N2. The maximum atomic E-state index is 4.08. The number of aryl methyl sites for hydroxylation is 1. The predicted molar refractivity (Wildman–Crippen MR) is 38.7 cm³/mol. The van der Waals surface area contributed by atoms with Crippen molar-refractivity contribution in [3.63, 3.8) is 0 Å². The first-order valence-corrected chi connectivity index (χ1v) is 3.64. The second-order valence-corrected chi connectivity index (χ2v) is 3.52. The highest BCUT2D eigenvalue weighted by molar-refractivity contribution is 5.16. The molecule has 0 aromatic carbocycles. The Morgan fingerprint density at radius 1 is 1.70 bits per heavy atom. The van der Waals surface area contributed by atoms with E-state index < -0.39 is 0 Å². The Morgan fingerprint density at radius 3 is 3.20 bits per heavy atom. The molecule has 1 aliphatic heterocycles. The highest BCUT2D eigenvalue weighted by Crippen LogP contribution is 2.32. The molecule has 0 saturated heterocycles. The predicted octanol–water partition coefficient (Wildman–Crippen LogP) is 1.36. The van der Waals surface area contributed by atoms with Crippen molar-refractivity contribution in [1.82, 2.24) is 9.78 Å². The Balaban J connectivity index is 2.54. The van der Waals surface area contributed by atoms with Crippen LogP contribution >= 0.6 is 0 Å². The van der Waals surface area contributed by atoms with Gasteiger partial charge in [-0.3, -0.25) is 4.68 Å². The van der Waals surface area contributed by atoms with E-state index in [0.717, 1.165) is 6.54 Å². The van der Waals surface area contributed by atoms with Crippen molar-refractivity contribution in [3.8, 4) is 0 Å². The maximum absolute atomic E-state index is 4.08. The lowest BCUT2D eigenvalue weighted by molar-refractivity contribution is 0.517. The summed E-state index contributed by atoms with van der Waals surface area (Å²) in [6, 6.07) is 1.99. The van der Waals surface area contributed by atoms with E-state index in [1.54, 1.807) is 0 Å². The van der Waals surface area contributed by atoms with Crippen LogP contribution < -0.4 is 0 Å². The van der Waals surface area contributed by atoms with Gasteiger partial charge in [0, 0.05) is 17.7 Å². The third-order valence-corrected chi connectivity index (χ3v) is 2.30. The quantitative estimate of drug-likeness (QED) is 0.525. The smallest absolute Gasteiger partial charge is 0.113 e. The van der Waals surface area contributed by atoms with Crippen LogP contribution in [0.4, 0.5) is 0 Å². The fourth-order valence-corrected chi connectivity index (χ4v) is 1.52. The van der Waals surface area contributed by atoms with Gasteiger partial charge in [0.25, 0.3) is 0 Å². The molecule has 0 saturated carbocycles. The minimum absolute atomic E-state index is 0.326. The Morgan fingerprint density at radius 2 is 2.50 bits per heavy atom. The lowest BCUT2D eigenvalue weighted by atomic mass is 9.89. The number of aromatic nitrogens is 2. The molecule has 10 heavy (non-hydrogen) atoms. The van der Waals surface area contributed by atoms with Crippen LogP contribution in [0, 0.1) is 6.20 Å². The summed E-state index contributed by atoms with van der Waals surface area (Å²) in [4.78, 5) is 0. The largest absolute Gasteiger partial charge is 0.268 e. The molecule has 1 radical (unpaired) electrons. The van der Waals surface area contributed by atoms with E-state index in [1.807, 2.05) is 10.7 Å². The van der Waals surface area contributed by atoms with Gasteiger partial charge in [0.1, 0.15) is 6.20 Å². The van der Waals surface area contributed by atoms with Gasteiger partial charge in [-0.2, -0.15) is 5.10 Å². The molecule has 2 nitrogen and oxygen atoms in total. The Hall–Kier alpha value is -0.790. The molecule has 0 spiro atoms. The second-order valence-electron chi connectivity index (χ2n) is 3.52. The van der Waals surface area contributed by atoms with Crippen LogP contribution in [0.3, 0.4) is 0 Å². The van der Waals surface area contributed by atoms with Crippen molar-refractivity contribution in [2.24, 2.45) is 0 Å². The molecule has 2 rings (SSSR count). The standard InChI is InChI=1S/C8H11N2/c1-8(2)4-6-10-7(8)3-5-9-10/h3H,4,6H2,1-2H3. The summed E-state index contributed by atoms with van der Waals surface area (Å²) in [7, 11) is 0. The monoisotopic (exact) mass is 135 g/mol. The summed E-state index contributed by atoms with van der Waals surface area (Å²) in [6.45, 7) is 5.56. The van der Waals surface area contributed by atoms with Crippen molar-refractivity contribution < 1.29 is 0 Å². The summed E-state index contributed by atoms with van der Waals surface area (Å²) in [6.07, 6.45) is 4.08. The van der Waals surface area contributed by atoms with Crippen LogP contribution in [0.1, 0.15) is 26.0 Å². The van der Waals surface area contributed by atoms with Crippen LogP contribution in [0.25, 0.3) is 0 Å². The van der Waals surface area contributed by atoms with Gasteiger partial charge in [-0.1, -0.05) is 13.8 Å². The van der Waals surface area contributed by atoms with E-state index >= 15 is 0 Å². The lowest BCUT2D eigenvalue weighted by Gasteiger charge is -2.14. The van der Waals surface area contributed by atoms with Gasteiger partial charge in [0.05, 0.1) is 0 Å². The van der Waals surface area contributed by atoms with Crippen molar-refractivity contribution in [1.29, 1.82) is 0 Å². The molecule has 0 N–H and O–H groups in total. The van der Waals surface area contributed by atoms with E-state index in [4.69, 9.17) is 0 Å². The Bertz CT molecular complexity index is 248. The molecular weight excluding hydrogens is 124 g/mol. The summed E-state index contributed by atoms with van der Waals surface area (Å²) in [5.41, 5.74) is 1.65. The topological polar surface area (TPSA) is 17.8 Å². The first-order valence-electron chi connectivity index (χ1n) is 3.64. The minimum atomic E-state index is 0.326. The first-order chi connectivity index (χ1) is 4.70. The zero-order valence-corrected chi connectivity index (χ0v) is 6.39. The highest BCUT2D eigenvalue weighted by atomic mass is 15.3. The van der Waals surface area contributed by atoms with Crippen LogP contribution in [-0.4, -0.2) is 9.78 Å². The van der Waals surface area contributed by atoms with Crippen LogP contribution in [-0.2, 0) is 12.0 Å².